The number of nitrogens with one attached hydrogen (secondary N) is 1. The van der Waals surface area contributed by atoms with Crippen LogP contribution in [0.1, 0.15) is 30.9 Å². The Morgan fingerprint density at radius 2 is 1.96 bits per heavy atom. The first-order valence-corrected chi connectivity index (χ1v) is 8.03. The molecule has 0 aliphatic carbocycles. The number of amides is 1. The lowest BCUT2D eigenvalue weighted by Crippen LogP contribution is -2.35. The van der Waals surface area contributed by atoms with Crippen molar-refractivity contribution in [3.05, 3.63) is 35.4 Å². The molecule has 1 unspecified atom stereocenters. The molecule has 2 rings (SSSR count). The molecule has 0 spiro atoms. The maximum Gasteiger partial charge on any atom is 0.220 e. The number of hydrogen-bond acceptors (Lipinski definition) is 4. The van der Waals surface area contributed by atoms with Crippen molar-refractivity contribution in [2.45, 2.75) is 38.9 Å². The van der Waals surface area contributed by atoms with Crippen molar-refractivity contribution in [1.29, 1.82) is 0 Å². The van der Waals surface area contributed by atoms with E-state index in [1.54, 1.807) is 0 Å². The van der Waals surface area contributed by atoms with E-state index in [0.29, 0.717) is 13.0 Å². The second kappa shape index (κ2) is 12.5. The molecule has 1 amide bonds. The first kappa shape index (κ1) is 23.1. The Morgan fingerprint density at radius 1 is 1.29 bits per heavy atom. The maximum atomic E-state index is 11.7. The van der Waals surface area contributed by atoms with Gasteiger partial charge in [0, 0.05) is 38.6 Å². The quantitative estimate of drug-likeness (QED) is 0.763. The fourth-order valence-electron chi connectivity index (χ4n) is 2.50. The monoisotopic (exact) mass is 377 g/mol. The van der Waals surface area contributed by atoms with E-state index in [1.165, 1.54) is 5.56 Å². The summed E-state index contributed by atoms with van der Waals surface area (Å²) in [6, 6.07) is 8.48. The summed E-state index contributed by atoms with van der Waals surface area (Å²) in [6.07, 6.45) is 1.22. The molecule has 1 fully saturated rings. The molecule has 24 heavy (non-hydrogen) atoms. The molecule has 3 N–H and O–H groups in total. The predicted octanol–water partition coefficient (Wildman–Crippen LogP) is 2.11. The highest BCUT2D eigenvalue weighted by molar-refractivity contribution is 5.85. The maximum absolute atomic E-state index is 11.7. The highest BCUT2D eigenvalue weighted by Crippen LogP contribution is 2.10. The second-order valence-corrected chi connectivity index (χ2v) is 6.00. The number of ether oxygens (including phenoxy) is 1. The molecule has 1 heterocycles. The van der Waals surface area contributed by atoms with Crippen LogP contribution in [0.5, 0.6) is 0 Å². The number of halogens is 2. The Bertz CT molecular complexity index is 481. The summed E-state index contributed by atoms with van der Waals surface area (Å²) in [5.41, 5.74) is 8.08. The molecule has 1 aliphatic rings. The van der Waals surface area contributed by atoms with Crippen LogP contribution in [-0.4, -0.2) is 43.2 Å². The van der Waals surface area contributed by atoms with E-state index >= 15 is 0 Å². The van der Waals surface area contributed by atoms with Crippen LogP contribution in [0.25, 0.3) is 0 Å². The van der Waals surface area contributed by atoms with Crippen molar-refractivity contribution in [2.24, 2.45) is 5.73 Å². The van der Waals surface area contributed by atoms with E-state index in [-0.39, 0.29) is 36.8 Å². The molecule has 0 radical (unpaired) electrons. The number of carbonyl (C=O) groups is 1. The first-order chi connectivity index (χ1) is 10.6. The number of hydrogen-bond donors (Lipinski definition) is 2. The molecule has 0 saturated carbocycles. The van der Waals surface area contributed by atoms with Crippen molar-refractivity contribution in [3.8, 4) is 0 Å². The van der Waals surface area contributed by atoms with Gasteiger partial charge in [-0.2, -0.15) is 0 Å². The van der Waals surface area contributed by atoms with Gasteiger partial charge in [-0.25, -0.2) is 0 Å². The highest BCUT2D eigenvalue weighted by atomic mass is 35.5. The van der Waals surface area contributed by atoms with Gasteiger partial charge in [0.15, 0.2) is 0 Å². The lowest BCUT2D eigenvalue weighted by Gasteiger charge is -2.26. The molecule has 138 valence electrons. The number of rotatable bonds is 7. The van der Waals surface area contributed by atoms with Gasteiger partial charge in [-0.05, 0) is 24.5 Å². The van der Waals surface area contributed by atoms with Gasteiger partial charge in [0.05, 0.1) is 13.2 Å². The molecule has 7 heteroatoms. The zero-order chi connectivity index (χ0) is 15.8. The predicted molar refractivity (Wildman–Crippen MR) is 102 cm³/mol. The molecule has 1 aromatic rings. The minimum absolute atomic E-state index is 0. The molecular weight excluding hydrogens is 349 g/mol. The Morgan fingerprint density at radius 3 is 2.62 bits per heavy atom. The van der Waals surface area contributed by atoms with E-state index in [9.17, 15) is 4.79 Å². The lowest BCUT2D eigenvalue weighted by atomic mass is 10.1. The van der Waals surface area contributed by atoms with Crippen LogP contribution in [-0.2, 0) is 22.6 Å². The SMILES string of the molecule is CC(N)CCC(=O)NCc1cccc(CN2CCOCC2)c1.Cl.Cl. The summed E-state index contributed by atoms with van der Waals surface area (Å²) in [5, 5.41) is 2.96. The van der Waals surface area contributed by atoms with Gasteiger partial charge in [0.25, 0.3) is 0 Å². The van der Waals surface area contributed by atoms with Gasteiger partial charge in [0.1, 0.15) is 0 Å². The Kier molecular flexibility index (Phi) is 12.1. The Balaban J connectivity index is 0.00000264. The summed E-state index contributed by atoms with van der Waals surface area (Å²) in [5.74, 6) is 0.0656. The molecule has 5 nitrogen and oxygen atoms in total. The van der Waals surface area contributed by atoms with Crippen LogP contribution in [0.2, 0.25) is 0 Å². The third kappa shape index (κ3) is 8.85. The van der Waals surface area contributed by atoms with Gasteiger partial charge in [-0.3, -0.25) is 9.69 Å². The van der Waals surface area contributed by atoms with Crippen molar-refractivity contribution >= 4 is 30.7 Å². The average Bonchev–Trinajstić information content (AvgIpc) is 2.52. The second-order valence-electron chi connectivity index (χ2n) is 6.00. The molecule has 1 atom stereocenters. The normalized spacial score (nSPS) is 15.8. The van der Waals surface area contributed by atoms with E-state index in [1.807, 2.05) is 6.92 Å². The van der Waals surface area contributed by atoms with Crippen molar-refractivity contribution < 1.29 is 9.53 Å². The molecule has 0 bridgehead atoms. The minimum Gasteiger partial charge on any atom is -0.379 e. The lowest BCUT2D eigenvalue weighted by molar-refractivity contribution is -0.121. The number of benzene rings is 1. The summed E-state index contributed by atoms with van der Waals surface area (Å²) in [7, 11) is 0. The number of carbonyl (C=O) groups excluding carboxylic acids is 1. The molecule has 0 aromatic heterocycles. The summed E-state index contributed by atoms with van der Waals surface area (Å²) in [4.78, 5) is 14.1. The van der Waals surface area contributed by atoms with Crippen molar-refractivity contribution in [1.82, 2.24) is 10.2 Å². The Labute approximate surface area is 157 Å². The van der Waals surface area contributed by atoms with Crippen LogP contribution in [0.15, 0.2) is 24.3 Å². The molecular formula is C17H29Cl2N3O2. The number of nitrogens with zero attached hydrogens (tertiary/aromatic N) is 1. The van der Waals surface area contributed by atoms with Crippen LogP contribution in [0.3, 0.4) is 0 Å². The summed E-state index contributed by atoms with van der Waals surface area (Å²) in [6.45, 7) is 7.04. The van der Waals surface area contributed by atoms with Crippen LogP contribution < -0.4 is 11.1 Å². The van der Waals surface area contributed by atoms with E-state index in [0.717, 1.165) is 44.8 Å². The van der Waals surface area contributed by atoms with E-state index in [2.05, 4.69) is 34.5 Å². The van der Waals surface area contributed by atoms with Crippen LogP contribution in [0, 0.1) is 0 Å². The smallest absolute Gasteiger partial charge is 0.220 e. The highest BCUT2D eigenvalue weighted by Gasteiger charge is 2.11. The summed E-state index contributed by atoms with van der Waals surface area (Å²) >= 11 is 0. The first-order valence-electron chi connectivity index (χ1n) is 8.03. The largest absolute Gasteiger partial charge is 0.379 e. The van der Waals surface area contributed by atoms with Crippen LogP contribution >= 0.6 is 24.8 Å². The fraction of sp³-hybridized carbons (Fsp3) is 0.588. The van der Waals surface area contributed by atoms with Crippen molar-refractivity contribution in [3.63, 3.8) is 0 Å². The van der Waals surface area contributed by atoms with Gasteiger partial charge < -0.3 is 15.8 Å². The van der Waals surface area contributed by atoms with E-state index in [4.69, 9.17) is 10.5 Å². The number of nitrogens with two attached hydrogens (primary N) is 1. The van der Waals surface area contributed by atoms with Gasteiger partial charge in [-0.1, -0.05) is 24.3 Å². The zero-order valence-electron chi connectivity index (χ0n) is 14.2. The van der Waals surface area contributed by atoms with Gasteiger partial charge >= 0.3 is 0 Å². The van der Waals surface area contributed by atoms with E-state index < -0.39 is 0 Å². The molecule has 1 aliphatic heterocycles. The van der Waals surface area contributed by atoms with Crippen molar-refractivity contribution in [2.75, 3.05) is 26.3 Å². The summed E-state index contributed by atoms with van der Waals surface area (Å²) < 4.78 is 5.37. The fourth-order valence-corrected chi connectivity index (χ4v) is 2.50. The third-order valence-corrected chi connectivity index (χ3v) is 3.82. The average molecular weight is 378 g/mol. The molecule has 1 saturated heterocycles. The van der Waals surface area contributed by atoms with Gasteiger partial charge in [-0.15, -0.1) is 24.8 Å². The Hall–Kier alpha value is -0.850. The molecule has 1 aromatic carbocycles. The standard InChI is InChI=1S/C17H27N3O2.2ClH/c1-14(18)5-6-17(21)19-12-15-3-2-4-16(11-15)13-20-7-9-22-10-8-20;;/h2-4,11,14H,5-10,12-13,18H2,1H3,(H,19,21);2*1H. The zero-order valence-corrected chi connectivity index (χ0v) is 15.8. The minimum atomic E-state index is 0. The topological polar surface area (TPSA) is 67.6 Å². The van der Waals surface area contributed by atoms with Crippen LogP contribution in [0.4, 0.5) is 0 Å². The number of morpholine rings is 1. The van der Waals surface area contributed by atoms with Gasteiger partial charge in [0.2, 0.25) is 5.91 Å². The third-order valence-electron chi connectivity index (χ3n) is 3.82.